The molecule has 2 nitrogen and oxygen atoms in total. The van der Waals surface area contributed by atoms with Crippen LogP contribution in [0.1, 0.15) is 6.92 Å². The molecule has 3 aromatic carbocycles. The van der Waals surface area contributed by atoms with Crippen LogP contribution in [-0.4, -0.2) is 0 Å². The second-order valence-electron chi connectivity index (χ2n) is 6.13. The predicted octanol–water partition coefficient (Wildman–Crippen LogP) is 6.91. The molecule has 3 aromatic rings. The van der Waals surface area contributed by atoms with Gasteiger partial charge in [-0.2, -0.15) is 0 Å². The van der Waals surface area contributed by atoms with Gasteiger partial charge in [-0.15, -0.1) is 0 Å². The van der Waals surface area contributed by atoms with Crippen LogP contribution in [0.3, 0.4) is 0 Å². The Morgan fingerprint density at radius 2 is 1.22 bits per heavy atom. The van der Waals surface area contributed by atoms with Gasteiger partial charge in [0.25, 0.3) is 0 Å². The molecule has 0 aromatic heterocycles. The highest BCUT2D eigenvalue weighted by Gasteiger charge is 2.10. The summed E-state index contributed by atoms with van der Waals surface area (Å²) in [7, 11) is 0. The number of anilines is 3. The van der Waals surface area contributed by atoms with E-state index in [0.29, 0.717) is 0 Å². The van der Waals surface area contributed by atoms with Crippen molar-refractivity contribution in [3.05, 3.63) is 127 Å². The molecule has 0 bridgehead atoms. The molecule has 0 fully saturated rings. The van der Waals surface area contributed by atoms with Gasteiger partial charge in [0.05, 0.1) is 0 Å². The van der Waals surface area contributed by atoms with Crippen molar-refractivity contribution in [2.45, 2.75) is 6.92 Å². The summed E-state index contributed by atoms with van der Waals surface area (Å²) in [4.78, 5) is 2.24. The first-order valence-electron chi connectivity index (χ1n) is 9.01. The van der Waals surface area contributed by atoms with Gasteiger partial charge in [0.2, 0.25) is 0 Å². The fourth-order valence-corrected chi connectivity index (χ4v) is 2.84. The maximum atomic E-state index is 3.92. The van der Waals surface area contributed by atoms with Gasteiger partial charge in [-0.3, -0.25) is 0 Å². The zero-order chi connectivity index (χ0) is 18.9. The van der Waals surface area contributed by atoms with Crippen LogP contribution in [0.2, 0.25) is 0 Å². The molecule has 0 radical (unpaired) electrons. The van der Waals surface area contributed by atoms with Crippen LogP contribution in [0.15, 0.2) is 127 Å². The van der Waals surface area contributed by atoms with Crippen LogP contribution < -0.4 is 10.2 Å². The molecule has 0 amide bonds. The van der Waals surface area contributed by atoms with Gasteiger partial charge >= 0.3 is 0 Å². The lowest BCUT2D eigenvalue weighted by Gasteiger charge is -2.25. The zero-order valence-corrected chi connectivity index (χ0v) is 15.5. The van der Waals surface area contributed by atoms with Crippen LogP contribution >= 0.6 is 0 Å². The molecular formula is C25H24N2. The fourth-order valence-electron chi connectivity index (χ4n) is 2.84. The van der Waals surface area contributed by atoms with Crippen molar-refractivity contribution in [1.29, 1.82) is 0 Å². The standard InChI is InChI=1S/C25H24N2/c1-3-22(26-23-13-7-4-8-14-23)20-19-21(2)27(24-15-9-5-10-16-24)25-17-11-6-12-18-25/h3-20,26H,1H2,2H3/b21-19+,22-20+. The highest BCUT2D eigenvalue weighted by Crippen LogP contribution is 2.29. The van der Waals surface area contributed by atoms with Crippen molar-refractivity contribution in [2.24, 2.45) is 0 Å². The fraction of sp³-hybridized carbons (Fsp3) is 0.0400. The Morgan fingerprint density at radius 3 is 1.70 bits per heavy atom. The maximum absolute atomic E-state index is 3.92. The number of nitrogens with zero attached hydrogens (tertiary/aromatic N) is 1. The van der Waals surface area contributed by atoms with Gasteiger partial charge in [0, 0.05) is 28.5 Å². The highest BCUT2D eigenvalue weighted by molar-refractivity contribution is 5.68. The van der Waals surface area contributed by atoms with Gasteiger partial charge in [0.1, 0.15) is 0 Å². The third kappa shape index (κ3) is 4.99. The molecule has 3 rings (SSSR count). The summed E-state index contributed by atoms with van der Waals surface area (Å²) in [5.74, 6) is 0. The third-order valence-corrected chi connectivity index (χ3v) is 4.17. The van der Waals surface area contributed by atoms with Gasteiger partial charge in [0.15, 0.2) is 0 Å². The van der Waals surface area contributed by atoms with Crippen molar-refractivity contribution in [3.63, 3.8) is 0 Å². The molecule has 27 heavy (non-hydrogen) atoms. The van der Waals surface area contributed by atoms with Crippen molar-refractivity contribution >= 4 is 17.1 Å². The number of para-hydroxylation sites is 3. The molecule has 0 aliphatic heterocycles. The van der Waals surface area contributed by atoms with Gasteiger partial charge in [-0.1, -0.05) is 61.2 Å². The number of hydrogen-bond donors (Lipinski definition) is 1. The molecule has 0 aliphatic rings. The van der Waals surface area contributed by atoms with E-state index in [1.807, 2.05) is 54.6 Å². The monoisotopic (exact) mass is 352 g/mol. The first-order valence-corrected chi connectivity index (χ1v) is 9.01. The van der Waals surface area contributed by atoms with Gasteiger partial charge in [-0.05, 0) is 61.5 Å². The van der Waals surface area contributed by atoms with Crippen molar-refractivity contribution in [2.75, 3.05) is 10.2 Å². The molecule has 0 spiro atoms. The first-order chi connectivity index (χ1) is 13.3. The lowest BCUT2D eigenvalue weighted by molar-refractivity contribution is 1.15. The van der Waals surface area contributed by atoms with Crippen LogP contribution in [-0.2, 0) is 0 Å². The first kappa shape index (κ1) is 18.3. The lowest BCUT2D eigenvalue weighted by Crippen LogP contribution is -2.14. The average Bonchev–Trinajstić information content (AvgIpc) is 2.73. The minimum Gasteiger partial charge on any atom is -0.356 e. The molecule has 0 unspecified atom stereocenters. The van der Waals surface area contributed by atoms with Crippen molar-refractivity contribution < 1.29 is 0 Å². The second-order valence-corrected chi connectivity index (χ2v) is 6.13. The van der Waals surface area contributed by atoms with E-state index in [1.54, 1.807) is 0 Å². The molecule has 0 atom stereocenters. The van der Waals surface area contributed by atoms with E-state index in [-0.39, 0.29) is 0 Å². The normalized spacial score (nSPS) is 11.7. The topological polar surface area (TPSA) is 15.3 Å². The van der Waals surface area contributed by atoms with Crippen molar-refractivity contribution in [3.8, 4) is 0 Å². The van der Waals surface area contributed by atoms with Crippen LogP contribution in [0.4, 0.5) is 17.1 Å². The summed E-state index contributed by atoms with van der Waals surface area (Å²) >= 11 is 0. The number of hydrogen-bond acceptors (Lipinski definition) is 2. The SMILES string of the molecule is C=C/C(=C\C=C(/C)N(c1ccccc1)c1ccccc1)Nc1ccccc1. The summed E-state index contributed by atoms with van der Waals surface area (Å²) in [6.07, 6.45) is 5.98. The molecule has 0 saturated carbocycles. The molecule has 1 N–H and O–H groups in total. The largest absolute Gasteiger partial charge is 0.356 e. The van der Waals surface area contributed by atoms with E-state index >= 15 is 0 Å². The van der Waals surface area contributed by atoms with Gasteiger partial charge in [-0.25, -0.2) is 0 Å². The summed E-state index contributed by atoms with van der Waals surface area (Å²) < 4.78 is 0. The van der Waals surface area contributed by atoms with Crippen LogP contribution in [0.5, 0.6) is 0 Å². The van der Waals surface area contributed by atoms with Crippen molar-refractivity contribution in [1.82, 2.24) is 0 Å². The second kappa shape index (κ2) is 9.25. The Kier molecular flexibility index (Phi) is 6.26. The Labute approximate surface area is 161 Å². The molecule has 134 valence electrons. The summed E-state index contributed by atoms with van der Waals surface area (Å²) in [6.45, 7) is 6.03. The Hall–Kier alpha value is -3.52. The average molecular weight is 352 g/mol. The third-order valence-electron chi connectivity index (χ3n) is 4.17. The molecule has 0 saturated heterocycles. The van der Waals surface area contributed by atoms with E-state index in [9.17, 15) is 0 Å². The summed E-state index contributed by atoms with van der Waals surface area (Å²) in [5, 5.41) is 3.38. The Balaban J connectivity index is 1.91. The van der Waals surface area contributed by atoms with E-state index in [1.165, 1.54) is 0 Å². The minimum absolute atomic E-state index is 0.946. The van der Waals surface area contributed by atoms with E-state index in [4.69, 9.17) is 0 Å². The minimum atomic E-state index is 0.946. The van der Waals surface area contributed by atoms with E-state index in [0.717, 1.165) is 28.5 Å². The van der Waals surface area contributed by atoms with Crippen LogP contribution in [0, 0.1) is 0 Å². The van der Waals surface area contributed by atoms with Gasteiger partial charge < -0.3 is 10.2 Å². The van der Waals surface area contributed by atoms with Crippen LogP contribution in [0.25, 0.3) is 0 Å². The zero-order valence-electron chi connectivity index (χ0n) is 15.5. The quantitative estimate of drug-likeness (QED) is 0.465. The number of nitrogens with one attached hydrogen (secondary N) is 1. The summed E-state index contributed by atoms with van der Waals surface area (Å²) in [5.41, 5.74) is 5.35. The molecular weight excluding hydrogens is 328 g/mol. The smallest absolute Gasteiger partial charge is 0.0458 e. The predicted molar refractivity (Wildman–Crippen MR) is 117 cm³/mol. The van der Waals surface area contributed by atoms with E-state index < -0.39 is 0 Å². The number of rotatable bonds is 7. The molecule has 0 heterocycles. The highest BCUT2D eigenvalue weighted by atomic mass is 15.1. The maximum Gasteiger partial charge on any atom is 0.0458 e. The number of benzene rings is 3. The Morgan fingerprint density at radius 1 is 0.741 bits per heavy atom. The Bertz CT molecular complexity index is 871. The van der Waals surface area contributed by atoms with E-state index in [2.05, 4.69) is 78.3 Å². The molecule has 0 aliphatic carbocycles. The number of allylic oxidation sites excluding steroid dienone is 4. The molecule has 2 heteroatoms. The lowest BCUT2D eigenvalue weighted by atomic mass is 10.2. The summed E-state index contributed by atoms with van der Waals surface area (Å²) in [6, 6.07) is 30.9.